The van der Waals surface area contributed by atoms with Gasteiger partial charge in [-0.3, -0.25) is 24.2 Å². The van der Waals surface area contributed by atoms with Crippen molar-refractivity contribution in [1.29, 1.82) is 0 Å². The molecule has 0 radical (unpaired) electrons. The van der Waals surface area contributed by atoms with E-state index in [1.54, 1.807) is 13.1 Å². The highest BCUT2D eigenvalue weighted by Gasteiger charge is 2.39. The van der Waals surface area contributed by atoms with Gasteiger partial charge in [-0.25, -0.2) is 0 Å². The molecule has 33 heavy (non-hydrogen) atoms. The van der Waals surface area contributed by atoms with E-state index >= 15 is 0 Å². The number of aldehydes is 1. The van der Waals surface area contributed by atoms with Crippen LogP contribution in [0.3, 0.4) is 0 Å². The zero-order valence-electron chi connectivity index (χ0n) is 18.3. The van der Waals surface area contributed by atoms with Crippen LogP contribution in [-0.4, -0.2) is 70.4 Å². The molecule has 2 heterocycles. The number of carboxylic acids is 1. The van der Waals surface area contributed by atoms with Gasteiger partial charge in [-0.1, -0.05) is 37.3 Å². The predicted octanol–water partition coefficient (Wildman–Crippen LogP) is 0.357. The number of fused-ring (bicyclic) bond motifs is 1. The Hall–Kier alpha value is -3.56. The topological polar surface area (TPSA) is 145 Å². The van der Waals surface area contributed by atoms with Crippen LogP contribution in [0.5, 0.6) is 0 Å². The second kappa shape index (κ2) is 10.8. The number of nitrogens with zero attached hydrogens (tertiary/aromatic N) is 2. The molecular formula is C23H28N4O6. The largest absolute Gasteiger partial charge is 0.481 e. The van der Waals surface area contributed by atoms with Crippen molar-refractivity contribution in [3.8, 4) is 0 Å². The lowest BCUT2D eigenvalue weighted by atomic mass is 9.83. The van der Waals surface area contributed by atoms with Crippen LogP contribution in [0.1, 0.15) is 32.6 Å². The first-order valence-electron chi connectivity index (χ1n) is 11.0. The summed E-state index contributed by atoms with van der Waals surface area (Å²) in [6.07, 6.45) is 12.3. The smallest absolute Gasteiger partial charge is 0.305 e. The van der Waals surface area contributed by atoms with Crippen LogP contribution in [0.25, 0.3) is 0 Å². The Morgan fingerprint density at radius 2 is 1.97 bits per heavy atom. The summed E-state index contributed by atoms with van der Waals surface area (Å²) in [5, 5.41) is 14.0. The molecule has 0 aromatic carbocycles. The van der Waals surface area contributed by atoms with E-state index in [0.29, 0.717) is 37.8 Å². The number of aliphatic carboxylic acids is 1. The first-order chi connectivity index (χ1) is 15.8. The standard InChI is InChI=1S/C23H28N4O6/c1-2-17(26-22(32)20-16-7-4-3-6-14(16)9-10-24-20)23(33)27-11-5-8-18(27)21(31)25-15(13-28)12-19(29)30/h3-4,6-7,9-10,13-18H,2,5,8,11-12H2,1H3,(H,25,31)(H,26,32)(H,29,30). The van der Waals surface area contributed by atoms with Gasteiger partial charge in [0.2, 0.25) is 11.8 Å². The number of carboxylic acid groups (broad SMARTS) is 1. The molecule has 1 fully saturated rings. The summed E-state index contributed by atoms with van der Waals surface area (Å²) in [7, 11) is 0. The molecule has 0 aromatic rings. The Balaban J connectivity index is 1.66. The second-order valence-corrected chi connectivity index (χ2v) is 8.20. The van der Waals surface area contributed by atoms with Gasteiger partial charge in [-0.05, 0) is 19.3 Å². The van der Waals surface area contributed by atoms with Gasteiger partial charge >= 0.3 is 5.97 Å². The van der Waals surface area contributed by atoms with E-state index in [-0.39, 0.29) is 11.8 Å². The third kappa shape index (κ3) is 5.63. The van der Waals surface area contributed by atoms with Crippen molar-refractivity contribution in [2.24, 2.45) is 16.8 Å². The summed E-state index contributed by atoms with van der Waals surface area (Å²) in [5.74, 6) is -2.79. The molecule has 2 aliphatic heterocycles. The van der Waals surface area contributed by atoms with Crippen molar-refractivity contribution in [3.05, 3.63) is 36.6 Å². The van der Waals surface area contributed by atoms with Crippen LogP contribution < -0.4 is 10.6 Å². The summed E-state index contributed by atoms with van der Waals surface area (Å²) in [4.78, 5) is 66.4. The van der Waals surface area contributed by atoms with Gasteiger partial charge < -0.3 is 25.4 Å². The molecule has 0 bridgehead atoms. The van der Waals surface area contributed by atoms with Crippen LogP contribution in [0.2, 0.25) is 0 Å². The molecule has 5 unspecified atom stereocenters. The highest BCUT2D eigenvalue weighted by atomic mass is 16.4. The Morgan fingerprint density at radius 3 is 2.67 bits per heavy atom. The number of hydrogen-bond acceptors (Lipinski definition) is 6. The number of carbonyl (C=O) groups excluding carboxylic acids is 4. The fourth-order valence-corrected chi connectivity index (χ4v) is 4.27. The molecule has 3 N–H and O–H groups in total. The molecule has 1 aliphatic carbocycles. The van der Waals surface area contributed by atoms with Gasteiger partial charge in [-0.2, -0.15) is 0 Å². The van der Waals surface area contributed by atoms with Crippen molar-refractivity contribution in [1.82, 2.24) is 15.5 Å². The van der Waals surface area contributed by atoms with Crippen LogP contribution in [0, 0.1) is 11.8 Å². The van der Waals surface area contributed by atoms with E-state index in [1.165, 1.54) is 4.90 Å². The molecule has 1 saturated heterocycles. The number of likely N-dealkylation sites (tertiary alicyclic amines) is 1. The minimum atomic E-state index is -1.22. The van der Waals surface area contributed by atoms with Gasteiger partial charge in [-0.15, -0.1) is 0 Å². The first kappa shape index (κ1) is 24.1. The summed E-state index contributed by atoms with van der Waals surface area (Å²) >= 11 is 0. The Bertz CT molecular complexity index is 937. The molecule has 10 heteroatoms. The summed E-state index contributed by atoms with van der Waals surface area (Å²) < 4.78 is 0. The lowest BCUT2D eigenvalue weighted by Crippen LogP contribution is -2.55. The highest BCUT2D eigenvalue weighted by Crippen LogP contribution is 2.26. The summed E-state index contributed by atoms with van der Waals surface area (Å²) in [6.45, 7) is 2.09. The monoisotopic (exact) mass is 456 g/mol. The average molecular weight is 456 g/mol. The maximum absolute atomic E-state index is 13.2. The zero-order chi connectivity index (χ0) is 24.0. The van der Waals surface area contributed by atoms with Crippen molar-refractivity contribution < 1.29 is 29.1 Å². The predicted molar refractivity (Wildman–Crippen MR) is 119 cm³/mol. The minimum Gasteiger partial charge on any atom is -0.481 e. The summed E-state index contributed by atoms with van der Waals surface area (Å²) in [6, 6.07) is -2.84. The third-order valence-electron chi connectivity index (χ3n) is 5.98. The fraction of sp³-hybridized carbons (Fsp3) is 0.478. The van der Waals surface area contributed by atoms with Crippen LogP contribution in [0.15, 0.2) is 41.6 Å². The van der Waals surface area contributed by atoms with Gasteiger partial charge in [0.1, 0.15) is 24.1 Å². The van der Waals surface area contributed by atoms with Crippen LogP contribution >= 0.6 is 0 Å². The van der Waals surface area contributed by atoms with E-state index in [2.05, 4.69) is 15.6 Å². The number of nitrogens with one attached hydrogen (secondary N) is 2. The van der Waals surface area contributed by atoms with E-state index < -0.39 is 48.2 Å². The molecule has 0 saturated carbocycles. The summed E-state index contributed by atoms with van der Waals surface area (Å²) in [5.41, 5.74) is 0.326. The van der Waals surface area contributed by atoms with Crippen molar-refractivity contribution in [2.45, 2.75) is 50.7 Å². The first-order valence-corrected chi connectivity index (χ1v) is 11.0. The van der Waals surface area contributed by atoms with Crippen LogP contribution in [-0.2, 0) is 24.0 Å². The number of allylic oxidation sites excluding steroid dienone is 5. The number of aliphatic imine (C=N–C) groups is 1. The molecular weight excluding hydrogens is 428 g/mol. The lowest BCUT2D eigenvalue weighted by molar-refractivity contribution is -0.142. The molecule has 176 valence electrons. The normalized spacial score (nSPS) is 24.9. The number of rotatable bonds is 9. The molecule has 3 amide bonds. The zero-order valence-corrected chi connectivity index (χ0v) is 18.3. The number of hydrogen-bond donors (Lipinski definition) is 3. The van der Waals surface area contributed by atoms with Crippen molar-refractivity contribution in [2.75, 3.05) is 6.54 Å². The maximum atomic E-state index is 13.2. The van der Waals surface area contributed by atoms with Gasteiger partial charge in [0.05, 0.1) is 12.5 Å². The molecule has 3 rings (SSSR count). The van der Waals surface area contributed by atoms with E-state index in [9.17, 15) is 24.0 Å². The average Bonchev–Trinajstić information content (AvgIpc) is 3.31. The molecule has 10 nitrogen and oxygen atoms in total. The maximum Gasteiger partial charge on any atom is 0.305 e. The second-order valence-electron chi connectivity index (χ2n) is 8.20. The molecule has 0 aromatic heterocycles. The van der Waals surface area contributed by atoms with Gasteiger partial charge in [0.15, 0.2) is 0 Å². The van der Waals surface area contributed by atoms with Gasteiger partial charge in [0.25, 0.3) is 5.91 Å². The highest BCUT2D eigenvalue weighted by molar-refractivity contribution is 6.41. The molecule has 3 aliphatic rings. The number of amides is 3. The third-order valence-corrected chi connectivity index (χ3v) is 5.98. The van der Waals surface area contributed by atoms with Crippen molar-refractivity contribution >= 4 is 35.7 Å². The Labute approximate surface area is 191 Å². The Morgan fingerprint density at radius 1 is 1.21 bits per heavy atom. The van der Waals surface area contributed by atoms with E-state index in [1.807, 2.05) is 30.4 Å². The van der Waals surface area contributed by atoms with E-state index in [4.69, 9.17) is 5.11 Å². The number of carbonyl (C=O) groups is 5. The van der Waals surface area contributed by atoms with Gasteiger partial charge in [0, 0.05) is 24.6 Å². The van der Waals surface area contributed by atoms with Crippen LogP contribution in [0.4, 0.5) is 0 Å². The SMILES string of the molecule is CCC(NC(=O)C1=NC=CC2C=CC=CC12)C(=O)N1CCCC1C(=O)NC(C=O)CC(=O)O. The Kier molecular flexibility index (Phi) is 7.92. The van der Waals surface area contributed by atoms with Crippen molar-refractivity contribution in [3.63, 3.8) is 0 Å². The molecule has 0 spiro atoms. The quantitative estimate of drug-likeness (QED) is 0.427. The lowest BCUT2D eigenvalue weighted by Gasteiger charge is -2.30. The van der Waals surface area contributed by atoms with E-state index in [0.717, 1.165) is 0 Å². The molecule has 5 atom stereocenters. The fourth-order valence-electron chi connectivity index (χ4n) is 4.27. The minimum absolute atomic E-state index is 0.0345.